The van der Waals surface area contributed by atoms with E-state index >= 15 is 0 Å². The highest BCUT2D eigenvalue weighted by Crippen LogP contribution is 2.28. The van der Waals surface area contributed by atoms with Crippen molar-refractivity contribution in [3.8, 4) is 11.1 Å². The van der Waals surface area contributed by atoms with E-state index in [9.17, 15) is 9.18 Å². The number of hydrogen-bond donors (Lipinski definition) is 2. The van der Waals surface area contributed by atoms with E-state index in [-0.39, 0.29) is 17.4 Å². The van der Waals surface area contributed by atoms with Gasteiger partial charge in [0.2, 0.25) is 0 Å². The zero-order valence-electron chi connectivity index (χ0n) is 16.9. The SMILES string of the molecule is Nc1ccc(-c2ccc(F)cc2)cc1NC(=O)c1cn(CCC2CCCCC2)nn1. The molecule has 1 fully saturated rings. The van der Waals surface area contributed by atoms with Crippen molar-refractivity contribution in [3.63, 3.8) is 0 Å². The molecule has 3 N–H and O–H groups in total. The van der Waals surface area contributed by atoms with Gasteiger partial charge in [-0.2, -0.15) is 0 Å². The molecule has 0 bridgehead atoms. The van der Waals surface area contributed by atoms with E-state index in [1.807, 2.05) is 6.07 Å². The number of carbonyl (C=O) groups is 1. The quantitative estimate of drug-likeness (QED) is 0.570. The van der Waals surface area contributed by atoms with Crippen molar-refractivity contribution >= 4 is 17.3 Å². The molecule has 6 nitrogen and oxygen atoms in total. The van der Waals surface area contributed by atoms with E-state index in [4.69, 9.17) is 5.73 Å². The van der Waals surface area contributed by atoms with Gasteiger partial charge in [-0.15, -0.1) is 5.10 Å². The van der Waals surface area contributed by atoms with E-state index in [1.165, 1.54) is 44.2 Å². The maximum absolute atomic E-state index is 13.2. The fourth-order valence-corrected chi connectivity index (χ4v) is 3.98. The summed E-state index contributed by atoms with van der Waals surface area (Å²) in [6, 6.07) is 11.5. The predicted octanol–water partition coefficient (Wildman–Crippen LogP) is 4.89. The molecule has 0 aliphatic heterocycles. The van der Waals surface area contributed by atoms with Crippen LogP contribution in [-0.4, -0.2) is 20.9 Å². The van der Waals surface area contributed by atoms with Crippen LogP contribution in [0.5, 0.6) is 0 Å². The molecule has 1 amide bonds. The molecule has 4 rings (SSSR count). The smallest absolute Gasteiger partial charge is 0.277 e. The Bertz CT molecular complexity index is 1010. The zero-order valence-corrected chi connectivity index (χ0v) is 16.9. The number of benzene rings is 2. The molecule has 7 heteroatoms. The molecule has 0 spiro atoms. The van der Waals surface area contributed by atoms with Crippen LogP contribution in [0.1, 0.15) is 49.0 Å². The summed E-state index contributed by atoms with van der Waals surface area (Å²) in [6.45, 7) is 0.771. The first kappa shape index (κ1) is 20.1. The number of amides is 1. The minimum absolute atomic E-state index is 0.255. The molecule has 1 aliphatic rings. The van der Waals surface area contributed by atoms with Gasteiger partial charge in [0, 0.05) is 6.54 Å². The summed E-state index contributed by atoms with van der Waals surface area (Å²) in [5, 5.41) is 10.9. The van der Waals surface area contributed by atoms with Crippen molar-refractivity contribution in [3.05, 3.63) is 60.2 Å². The highest BCUT2D eigenvalue weighted by molar-refractivity contribution is 6.04. The lowest BCUT2D eigenvalue weighted by atomic mass is 9.87. The number of hydrogen-bond acceptors (Lipinski definition) is 4. The van der Waals surface area contributed by atoms with Crippen LogP contribution in [-0.2, 0) is 6.54 Å². The molecule has 3 aromatic rings. The zero-order chi connectivity index (χ0) is 20.9. The first-order valence-corrected chi connectivity index (χ1v) is 10.5. The minimum Gasteiger partial charge on any atom is -0.397 e. The van der Waals surface area contributed by atoms with Gasteiger partial charge in [-0.05, 0) is 47.7 Å². The van der Waals surface area contributed by atoms with Crippen LogP contribution in [0.4, 0.5) is 15.8 Å². The van der Waals surface area contributed by atoms with Gasteiger partial charge in [0.05, 0.1) is 17.6 Å². The topological polar surface area (TPSA) is 85.8 Å². The average Bonchev–Trinajstić information content (AvgIpc) is 3.24. The lowest BCUT2D eigenvalue weighted by Gasteiger charge is -2.20. The lowest BCUT2D eigenvalue weighted by molar-refractivity contribution is 0.102. The van der Waals surface area contributed by atoms with E-state index in [0.717, 1.165) is 30.0 Å². The number of anilines is 2. The Labute approximate surface area is 175 Å². The molecule has 1 aliphatic carbocycles. The fraction of sp³-hybridized carbons (Fsp3) is 0.348. The summed E-state index contributed by atoms with van der Waals surface area (Å²) < 4.78 is 14.9. The number of nitrogens with zero attached hydrogens (tertiary/aromatic N) is 3. The van der Waals surface area contributed by atoms with Gasteiger partial charge in [-0.25, -0.2) is 4.39 Å². The van der Waals surface area contributed by atoms with E-state index in [2.05, 4.69) is 15.6 Å². The minimum atomic E-state index is -0.359. The summed E-state index contributed by atoms with van der Waals surface area (Å²) in [4.78, 5) is 12.6. The van der Waals surface area contributed by atoms with E-state index in [1.54, 1.807) is 35.1 Å². The molecule has 0 saturated heterocycles. The van der Waals surface area contributed by atoms with Crippen molar-refractivity contribution in [2.45, 2.75) is 45.1 Å². The number of halogens is 1. The highest BCUT2D eigenvalue weighted by Gasteiger charge is 2.16. The summed E-state index contributed by atoms with van der Waals surface area (Å²) in [6.07, 6.45) is 9.28. The van der Waals surface area contributed by atoms with E-state index in [0.29, 0.717) is 11.4 Å². The number of carbonyl (C=O) groups excluding carboxylic acids is 1. The molecule has 0 atom stereocenters. The lowest BCUT2D eigenvalue weighted by Crippen LogP contribution is -2.14. The second kappa shape index (κ2) is 9.07. The molecule has 1 aromatic heterocycles. The Balaban J connectivity index is 1.41. The van der Waals surface area contributed by atoms with Gasteiger partial charge >= 0.3 is 0 Å². The van der Waals surface area contributed by atoms with Crippen molar-refractivity contribution < 1.29 is 9.18 Å². The number of nitrogen functional groups attached to an aromatic ring is 1. The van der Waals surface area contributed by atoms with Gasteiger partial charge in [0.1, 0.15) is 5.82 Å². The average molecular weight is 407 g/mol. The number of aromatic nitrogens is 3. The first-order valence-electron chi connectivity index (χ1n) is 10.5. The Morgan fingerprint density at radius 3 is 2.60 bits per heavy atom. The molecule has 0 radical (unpaired) electrons. The normalized spacial score (nSPS) is 14.6. The van der Waals surface area contributed by atoms with Crippen LogP contribution in [0.2, 0.25) is 0 Å². The standard InChI is InChI=1S/C23H26FN5O/c24-19-9-6-17(7-10-19)18-8-11-20(25)21(14-18)26-23(30)22-15-29(28-27-22)13-12-16-4-2-1-3-5-16/h6-11,14-16H,1-5,12-13,25H2,(H,26,30). The Morgan fingerprint density at radius 2 is 1.83 bits per heavy atom. The third kappa shape index (κ3) is 4.84. The van der Waals surface area contributed by atoms with Crippen LogP contribution in [0, 0.1) is 11.7 Å². The van der Waals surface area contributed by atoms with Gasteiger partial charge in [0.25, 0.3) is 5.91 Å². The van der Waals surface area contributed by atoms with Crippen molar-refractivity contribution in [2.24, 2.45) is 5.92 Å². The molecule has 1 heterocycles. The number of nitrogens with one attached hydrogen (secondary N) is 1. The van der Waals surface area contributed by atoms with E-state index < -0.39 is 0 Å². The van der Waals surface area contributed by atoms with Crippen LogP contribution in [0.3, 0.4) is 0 Å². The second-order valence-corrected chi connectivity index (χ2v) is 7.92. The summed E-state index contributed by atoms with van der Waals surface area (Å²) >= 11 is 0. The number of aryl methyl sites for hydroxylation is 1. The molecular weight excluding hydrogens is 381 g/mol. The van der Waals surface area contributed by atoms with Crippen molar-refractivity contribution in [2.75, 3.05) is 11.1 Å². The molecular formula is C23H26FN5O. The van der Waals surface area contributed by atoms with Gasteiger partial charge in [-0.1, -0.05) is 55.5 Å². The maximum Gasteiger partial charge on any atom is 0.277 e. The second-order valence-electron chi connectivity index (χ2n) is 7.92. The summed E-state index contributed by atoms with van der Waals surface area (Å²) in [5.74, 6) is 0.0883. The third-order valence-corrected chi connectivity index (χ3v) is 5.74. The number of nitrogens with two attached hydrogens (primary N) is 1. The third-order valence-electron chi connectivity index (χ3n) is 5.74. The highest BCUT2D eigenvalue weighted by atomic mass is 19.1. The number of rotatable bonds is 6. The van der Waals surface area contributed by atoms with Gasteiger partial charge < -0.3 is 11.1 Å². The Kier molecular flexibility index (Phi) is 6.07. The van der Waals surface area contributed by atoms with Crippen molar-refractivity contribution in [1.82, 2.24) is 15.0 Å². The molecule has 2 aromatic carbocycles. The largest absolute Gasteiger partial charge is 0.397 e. The Hall–Kier alpha value is -3.22. The fourth-order valence-electron chi connectivity index (χ4n) is 3.98. The molecule has 156 valence electrons. The molecule has 1 saturated carbocycles. The van der Waals surface area contributed by atoms with Crippen molar-refractivity contribution in [1.29, 1.82) is 0 Å². The monoisotopic (exact) mass is 407 g/mol. The van der Waals surface area contributed by atoms with Crippen LogP contribution in [0.25, 0.3) is 11.1 Å². The van der Waals surface area contributed by atoms with Crippen LogP contribution < -0.4 is 11.1 Å². The van der Waals surface area contributed by atoms with Gasteiger partial charge in [0.15, 0.2) is 5.69 Å². The van der Waals surface area contributed by atoms with Crippen LogP contribution in [0.15, 0.2) is 48.7 Å². The van der Waals surface area contributed by atoms with Crippen LogP contribution >= 0.6 is 0 Å². The molecule has 0 unspecified atom stereocenters. The maximum atomic E-state index is 13.2. The van der Waals surface area contributed by atoms with Gasteiger partial charge in [-0.3, -0.25) is 9.48 Å². The summed E-state index contributed by atoms with van der Waals surface area (Å²) in [5.41, 5.74) is 8.88. The summed E-state index contributed by atoms with van der Waals surface area (Å²) in [7, 11) is 0. The molecule has 30 heavy (non-hydrogen) atoms. The first-order chi connectivity index (χ1) is 14.6. The Morgan fingerprint density at radius 1 is 1.10 bits per heavy atom. The predicted molar refractivity (Wildman–Crippen MR) is 115 cm³/mol.